The maximum absolute atomic E-state index is 11.5. The third kappa shape index (κ3) is 4.94. The first-order chi connectivity index (χ1) is 7.31. The lowest BCUT2D eigenvalue weighted by molar-refractivity contribution is -0.155. The van der Waals surface area contributed by atoms with Gasteiger partial charge in [0.1, 0.15) is 5.60 Å². The summed E-state index contributed by atoms with van der Waals surface area (Å²) in [5.74, 6) is -0.163. The molecule has 0 amide bonds. The molecule has 0 aromatic rings. The molecule has 1 rings (SSSR count). The molecule has 0 aromatic carbocycles. The number of carbonyl (C=O) groups excluding carboxylic acids is 1. The summed E-state index contributed by atoms with van der Waals surface area (Å²) < 4.78 is 10.5. The van der Waals surface area contributed by atoms with Crippen LogP contribution in [0.25, 0.3) is 0 Å². The van der Waals surface area contributed by atoms with Crippen LogP contribution in [-0.4, -0.2) is 30.3 Å². The minimum absolute atomic E-state index is 0.163. The molecule has 16 heavy (non-hydrogen) atoms. The van der Waals surface area contributed by atoms with E-state index in [9.17, 15) is 4.79 Å². The average molecular weight is 229 g/mol. The van der Waals surface area contributed by atoms with Gasteiger partial charge in [-0.25, -0.2) is 0 Å². The van der Waals surface area contributed by atoms with Crippen molar-refractivity contribution in [1.29, 1.82) is 0 Å². The molecule has 0 radical (unpaired) electrons. The highest BCUT2D eigenvalue weighted by Gasteiger charge is 2.29. The highest BCUT2D eigenvalue weighted by atomic mass is 16.6. The molecule has 1 saturated heterocycles. The average Bonchev–Trinajstić information content (AvgIpc) is 2.14. The zero-order chi connectivity index (χ0) is 12.2. The van der Waals surface area contributed by atoms with Crippen molar-refractivity contribution in [3.63, 3.8) is 0 Å². The third-order valence-electron chi connectivity index (χ3n) is 2.74. The molecule has 4 heteroatoms. The number of hydrogen-bond acceptors (Lipinski definition) is 4. The highest BCUT2D eigenvalue weighted by Crippen LogP contribution is 2.23. The Hall–Kier alpha value is -0.610. The first-order valence-electron chi connectivity index (χ1n) is 5.89. The van der Waals surface area contributed by atoms with E-state index in [2.05, 4.69) is 0 Å². The van der Waals surface area contributed by atoms with E-state index >= 15 is 0 Å². The topological polar surface area (TPSA) is 61.5 Å². The summed E-state index contributed by atoms with van der Waals surface area (Å²) in [7, 11) is 0. The molecule has 0 saturated carbocycles. The lowest BCUT2D eigenvalue weighted by Crippen LogP contribution is -2.45. The molecule has 1 heterocycles. The van der Waals surface area contributed by atoms with Gasteiger partial charge in [-0.1, -0.05) is 0 Å². The van der Waals surface area contributed by atoms with Crippen LogP contribution in [0.5, 0.6) is 0 Å². The van der Waals surface area contributed by atoms with Gasteiger partial charge in [0.2, 0.25) is 0 Å². The minimum atomic E-state index is -0.408. The van der Waals surface area contributed by atoms with Gasteiger partial charge in [0.25, 0.3) is 0 Å². The largest absolute Gasteiger partial charge is 0.460 e. The van der Waals surface area contributed by atoms with Gasteiger partial charge in [0, 0.05) is 25.2 Å². The third-order valence-corrected chi connectivity index (χ3v) is 2.74. The van der Waals surface area contributed by atoms with Crippen molar-refractivity contribution in [3.05, 3.63) is 0 Å². The standard InChI is InChI=1S/C12H23NO3/c1-11(2,3)16-10(14)4-5-12(13)6-8-15-9-7-12/h4-9,13H2,1-3H3. The van der Waals surface area contributed by atoms with Gasteiger partial charge in [0.05, 0.1) is 0 Å². The fourth-order valence-corrected chi connectivity index (χ4v) is 1.77. The Morgan fingerprint density at radius 2 is 1.94 bits per heavy atom. The molecule has 94 valence electrons. The van der Waals surface area contributed by atoms with Crippen LogP contribution in [0.4, 0.5) is 0 Å². The van der Waals surface area contributed by atoms with Gasteiger partial charge in [-0.2, -0.15) is 0 Å². The zero-order valence-corrected chi connectivity index (χ0v) is 10.5. The second-order valence-electron chi connectivity index (χ2n) is 5.56. The van der Waals surface area contributed by atoms with Gasteiger partial charge < -0.3 is 15.2 Å². The molecule has 0 atom stereocenters. The van der Waals surface area contributed by atoms with Crippen LogP contribution in [0.1, 0.15) is 46.5 Å². The van der Waals surface area contributed by atoms with Gasteiger partial charge in [0.15, 0.2) is 0 Å². The van der Waals surface area contributed by atoms with E-state index in [1.54, 1.807) is 0 Å². The molecule has 1 aliphatic heterocycles. The fraction of sp³-hybridized carbons (Fsp3) is 0.917. The van der Waals surface area contributed by atoms with Crippen LogP contribution in [-0.2, 0) is 14.3 Å². The molecule has 0 spiro atoms. The molecule has 2 N–H and O–H groups in total. The van der Waals surface area contributed by atoms with Gasteiger partial charge >= 0.3 is 5.97 Å². The SMILES string of the molecule is CC(C)(C)OC(=O)CCC1(N)CCOCC1. The molecular weight excluding hydrogens is 206 g/mol. The number of esters is 1. The van der Waals surface area contributed by atoms with Crippen molar-refractivity contribution in [2.45, 2.75) is 57.6 Å². The van der Waals surface area contributed by atoms with E-state index in [4.69, 9.17) is 15.2 Å². The second-order valence-corrected chi connectivity index (χ2v) is 5.56. The fourth-order valence-electron chi connectivity index (χ4n) is 1.77. The van der Waals surface area contributed by atoms with Crippen molar-refractivity contribution in [2.75, 3.05) is 13.2 Å². The summed E-state index contributed by atoms with van der Waals surface area (Å²) >= 11 is 0. The number of carbonyl (C=O) groups is 1. The van der Waals surface area contributed by atoms with E-state index in [1.807, 2.05) is 20.8 Å². The lowest BCUT2D eigenvalue weighted by Gasteiger charge is -2.33. The first-order valence-corrected chi connectivity index (χ1v) is 5.89. The van der Waals surface area contributed by atoms with Crippen LogP contribution >= 0.6 is 0 Å². The molecule has 1 aliphatic rings. The predicted octanol–water partition coefficient (Wildman–Crippen LogP) is 1.62. The minimum Gasteiger partial charge on any atom is -0.460 e. The zero-order valence-electron chi connectivity index (χ0n) is 10.5. The Bertz CT molecular complexity index is 239. The van der Waals surface area contributed by atoms with E-state index in [0.717, 1.165) is 12.8 Å². The summed E-state index contributed by atoms with van der Waals surface area (Å²) in [6.45, 7) is 7.02. The number of rotatable bonds is 3. The van der Waals surface area contributed by atoms with Crippen molar-refractivity contribution in [2.24, 2.45) is 5.73 Å². The maximum atomic E-state index is 11.5. The van der Waals surface area contributed by atoms with Crippen molar-refractivity contribution < 1.29 is 14.3 Å². The smallest absolute Gasteiger partial charge is 0.306 e. The van der Waals surface area contributed by atoms with E-state index < -0.39 is 5.60 Å². The molecule has 0 aromatic heterocycles. The lowest BCUT2D eigenvalue weighted by atomic mass is 9.86. The first kappa shape index (κ1) is 13.5. The van der Waals surface area contributed by atoms with Crippen LogP contribution < -0.4 is 5.73 Å². The van der Waals surface area contributed by atoms with Gasteiger partial charge in [-0.05, 0) is 40.0 Å². The molecular formula is C12H23NO3. The van der Waals surface area contributed by atoms with E-state index in [-0.39, 0.29) is 11.5 Å². The summed E-state index contributed by atoms with van der Waals surface area (Å²) in [5.41, 5.74) is 5.53. The Balaban J connectivity index is 2.30. The quantitative estimate of drug-likeness (QED) is 0.747. The van der Waals surface area contributed by atoms with E-state index in [1.165, 1.54) is 0 Å². The van der Waals surface area contributed by atoms with Crippen molar-refractivity contribution in [3.8, 4) is 0 Å². The second kappa shape index (κ2) is 5.15. The van der Waals surface area contributed by atoms with Crippen molar-refractivity contribution in [1.82, 2.24) is 0 Å². The number of hydrogen-bond donors (Lipinski definition) is 1. The Kier molecular flexibility index (Phi) is 4.33. The molecule has 4 nitrogen and oxygen atoms in total. The van der Waals surface area contributed by atoms with E-state index in [0.29, 0.717) is 26.1 Å². The molecule has 0 bridgehead atoms. The maximum Gasteiger partial charge on any atom is 0.306 e. The number of nitrogens with two attached hydrogens (primary N) is 1. The normalized spacial score (nSPS) is 20.5. The summed E-state index contributed by atoms with van der Waals surface area (Å²) in [4.78, 5) is 11.5. The highest BCUT2D eigenvalue weighted by molar-refractivity contribution is 5.69. The van der Waals surface area contributed by atoms with Crippen LogP contribution in [0.3, 0.4) is 0 Å². The van der Waals surface area contributed by atoms with Gasteiger partial charge in [-0.3, -0.25) is 4.79 Å². The Morgan fingerprint density at radius 3 is 2.44 bits per heavy atom. The van der Waals surface area contributed by atoms with Crippen LogP contribution in [0.15, 0.2) is 0 Å². The van der Waals surface area contributed by atoms with Gasteiger partial charge in [-0.15, -0.1) is 0 Å². The Labute approximate surface area is 97.5 Å². The molecule has 0 unspecified atom stereocenters. The number of ether oxygens (including phenoxy) is 2. The Morgan fingerprint density at radius 1 is 1.38 bits per heavy atom. The summed E-state index contributed by atoms with van der Waals surface area (Å²) in [6, 6.07) is 0. The monoisotopic (exact) mass is 229 g/mol. The molecule has 1 fully saturated rings. The summed E-state index contributed by atoms with van der Waals surface area (Å²) in [6.07, 6.45) is 2.74. The van der Waals surface area contributed by atoms with Crippen LogP contribution in [0, 0.1) is 0 Å². The van der Waals surface area contributed by atoms with Crippen LogP contribution in [0.2, 0.25) is 0 Å². The van der Waals surface area contributed by atoms with Crippen molar-refractivity contribution >= 4 is 5.97 Å². The predicted molar refractivity (Wildman–Crippen MR) is 62.1 cm³/mol. The molecule has 0 aliphatic carbocycles. The summed E-state index contributed by atoms with van der Waals surface area (Å²) in [5, 5.41) is 0.